The molecule has 0 aromatic carbocycles. The van der Waals surface area contributed by atoms with E-state index in [4.69, 9.17) is 10.8 Å². The SMILES string of the molecule is Cc1nnc2c(N)ccc(C(=O)O)n12. The Bertz CT molecular complexity index is 517. The van der Waals surface area contributed by atoms with Crippen molar-refractivity contribution in [3.8, 4) is 0 Å². The highest BCUT2D eigenvalue weighted by Crippen LogP contribution is 2.15. The van der Waals surface area contributed by atoms with Crippen molar-refractivity contribution in [2.75, 3.05) is 5.73 Å². The number of nitrogens with zero attached hydrogens (tertiary/aromatic N) is 3. The minimum absolute atomic E-state index is 0.108. The summed E-state index contributed by atoms with van der Waals surface area (Å²) < 4.78 is 1.41. The summed E-state index contributed by atoms with van der Waals surface area (Å²) in [6, 6.07) is 2.94. The number of carboxylic acid groups (broad SMARTS) is 1. The molecule has 6 nitrogen and oxygen atoms in total. The second-order valence-corrected chi connectivity index (χ2v) is 2.89. The van der Waals surface area contributed by atoms with Crippen molar-refractivity contribution in [3.63, 3.8) is 0 Å². The Labute approximate surface area is 79.0 Å². The molecule has 2 aromatic heterocycles. The standard InChI is InChI=1S/C8H8N4O2/c1-4-10-11-7-5(9)2-3-6(8(13)14)12(4)7/h2-3H,9H2,1H3,(H,13,14). The van der Waals surface area contributed by atoms with Crippen molar-refractivity contribution in [1.29, 1.82) is 0 Å². The molecule has 3 N–H and O–H groups in total. The van der Waals surface area contributed by atoms with Gasteiger partial charge >= 0.3 is 5.97 Å². The van der Waals surface area contributed by atoms with Gasteiger partial charge in [-0.3, -0.25) is 4.40 Å². The van der Waals surface area contributed by atoms with Gasteiger partial charge in [0.25, 0.3) is 0 Å². The minimum atomic E-state index is -1.03. The van der Waals surface area contributed by atoms with Crippen LogP contribution in [0.15, 0.2) is 12.1 Å². The number of pyridine rings is 1. The summed E-state index contributed by atoms with van der Waals surface area (Å²) in [4.78, 5) is 10.9. The Morgan fingerprint density at radius 3 is 2.86 bits per heavy atom. The summed E-state index contributed by atoms with van der Waals surface area (Å²) in [5, 5.41) is 16.5. The largest absolute Gasteiger partial charge is 0.477 e. The van der Waals surface area contributed by atoms with E-state index in [-0.39, 0.29) is 5.69 Å². The van der Waals surface area contributed by atoms with Gasteiger partial charge in [0.1, 0.15) is 11.5 Å². The molecule has 0 saturated heterocycles. The Hall–Kier alpha value is -2.11. The first-order valence-electron chi connectivity index (χ1n) is 3.95. The third-order valence-corrected chi connectivity index (χ3v) is 1.96. The van der Waals surface area contributed by atoms with E-state index in [1.807, 2.05) is 0 Å². The Kier molecular flexibility index (Phi) is 1.63. The smallest absolute Gasteiger partial charge is 0.352 e. The quantitative estimate of drug-likeness (QED) is 0.678. The molecule has 2 heterocycles. The molecule has 0 atom stereocenters. The zero-order valence-electron chi connectivity index (χ0n) is 7.43. The number of rotatable bonds is 1. The highest BCUT2D eigenvalue weighted by Gasteiger charge is 2.13. The molecule has 0 spiro atoms. The van der Waals surface area contributed by atoms with Gasteiger partial charge in [0.05, 0.1) is 5.69 Å². The summed E-state index contributed by atoms with van der Waals surface area (Å²) in [7, 11) is 0. The number of aromatic nitrogens is 3. The molecule has 0 unspecified atom stereocenters. The number of aromatic carboxylic acids is 1. The molecular weight excluding hydrogens is 184 g/mol. The van der Waals surface area contributed by atoms with E-state index in [9.17, 15) is 4.79 Å². The zero-order chi connectivity index (χ0) is 10.3. The molecule has 72 valence electrons. The molecule has 0 saturated carbocycles. The Morgan fingerprint density at radius 1 is 1.50 bits per heavy atom. The first-order chi connectivity index (χ1) is 6.61. The number of anilines is 1. The van der Waals surface area contributed by atoms with Gasteiger partial charge in [-0.25, -0.2) is 4.79 Å². The van der Waals surface area contributed by atoms with Gasteiger partial charge in [0.15, 0.2) is 5.65 Å². The van der Waals surface area contributed by atoms with E-state index in [0.717, 1.165) is 0 Å². The molecule has 0 amide bonds. The van der Waals surface area contributed by atoms with Gasteiger partial charge in [-0.2, -0.15) is 0 Å². The van der Waals surface area contributed by atoms with Crippen LogP contribution in [-0.2, 0) is 0 Å². The molecule has 0 aliphatic heterocycles. The lowest BCUT2D eigenvalue weighted by Gasteiger charge is -2.02. The van der Waals surface area contributed by atoms with Gasteiger partial charge in [-0.05, 0) is 19.1 Å². The predicted molar refractivity (Wildman–Crippen MR) is 49.1 cm³/mol. The van der Waals surface area contributed by atoms with E-state index in [2.05, 4.69) is 10.2 Å². The summed E-state index contributed by atoms with van der Waals surface area (Å²) in [6.07, 6.45) is 0. The number of aryl methyl sites for hydroxylation is 1. The maximum absolute atomic E-state index is 10.9. The maximum Gasteiger partial charge on any atom is 0.352 e. The number of nitrogens with two attached hydrogens (primary N) is 1. The van der Waals surface area contributed by atoms with Gasteiger partial charge in [0.2, 0.25) is 0 Å². The fourth-order valence-electron chi connectivity index (χ4n) is 1.32. The molecule has 0 fully saturated rings. The normalized spacial score (nSPS) is 10.6. The third kappa shape index (κ3) is 1.00. The lowest BCUT2D eigenvalue weighted by Crippen LogP contribution is -2.07. The second-order valence-electron chi connectivity index (χ2n) is 2.89. The van der Waals surface area contributed by atoms with Crippen molar-refractivity contribution in [2.24, 2.45) is 0 Å². The maximum atomic E-state index is 10.9. The zero-order valence-corrected chi connectivity index (χ0v) is 7.43. The first-order valence-corrected chi connectivity index (χ1v) is 3.95. The van der Waals surface area contributed by atoms with E-state index >= 15 is 0 Å². The first kappa shape index (κ1) is 8.49. The highest BCUT2D eigenvalue weighted by atomic mass is 16.4. The molecule has 2 aromatic rings. The van der Waals surface area contributed by atoms with Gasteiger partial charge < -0.3 is 10.8 Å². The molecule has 0 aliphatic carbocycles. The van der Waals surface area contributed by atoms with Gasteiger partial charge in [-0.1, -0.05) is 0 Å². The summed E-state index contributed by atoms with van der Waals surface area (Å²) >= 11 is 0. The average molecular weight is 192 g/mol. The molecule has 0 bridgehead atoms. The summed E-state index contributed by atoms with van der Waals surface area (Å²) in [6.45, 7) is 1.67. The van der Waals surface area contributed by atoms with E-state index in [1.165, 1.54) is 16.5 Å². The van der Waals surface area contributed by atoms with Crippen molar-refractivity contribution in [2.45, 2.75) is 6.92 Å². The van der Waals surface area contributed by atoms with Crippen molar-refractivity contribution in [3.05, 3.63) is 23.7 Å². The van der Waals surface area contributed by atoms with Crippen molar-refractivity contribution < 1.29 is 9.90 Å². The van der Waals surface area contributed by atoms with Gasteiger partial charge in [0, 0.05) is 0 Å². The molecule has 2 rings (SSSR count). The van der Waals surface area contributed by atoms with Crippen LogP contribution in [0.25, 0.3) is 5.65 Å². The van der Waals surface area contributed by atoms with Crippen LogP contribution in [-0.4, -0.2) is 25.7 Å². The molecule has 0 aliphatic rings. The van der Waals surface area contributed by atoms with Crippen molar-refractivity contribution in [1.82, 2.24) is 14.6 Å². The topological polar surface area (TPSA) is 93.5 Å². The minimum Gasteiger partial charge on any atom is -0.477 e. The second kappa shape index (κ2) is 2.69. The highest BCUT2D eigenvalue weighted by molar-refractivity contribution is 5.88. The van der Waals surface area contributed by atoms with Crippen LogP contribution in [0.3, 0.4) is 0 Å². The van der Waals surface area contributed by atoms with Crippen LogP contribution < -0.4 is 5.73 Å². The summed E-state index contributed by atoms with van der Waals surface area (Å²) in [5.74, 6) is -0.525. The fourth-order valence-corrected chi connectivity index (χ4v) is 1.32. The van der Waals surface area contributed by atoms with Crippen LogP contribution in [0.2, 0.25) is 0 Å². The Morgan fingerprint density at radius 2 is 2.21 bits per heavy atom. The van der Waals surface area contributed by atoms with Crippen LogP contribution in [0.1, 0.15) is 16.3 Å². The molecule has 6 heteroatoms. The van der Waals surface area contributed by atoms with E-state index in [0.29, 0.717) is 17.2 Å². The molecule has 0 radical (unpaired) electrons. The molecular formula is C8H8N4O2. The van der Waals surface area contributed by atoms with E-state index in [1.54, 1.807) is 6.92 Å². The number of carboxylic acids is 1. The van der Waals surface area contributed by atoms with Crippen LogP contribution in [0.5, 0.6) is 0 Å². The third-order valence-electron chi connectivity index (χ3n) is 1.96. The number of hydrogen-bond acceptors (Lipinski definition) is 4. The van der Waals surface area contributed by atoms with Gasteiger partial charge in [-0.15, -0.1) is 10.2 Å². The monoisotopic (exact) mass is 192 g/mol. The number of nitrogen functional groups attached to an aromatic ring is 1. The van der Waals surface area contributed by atoms with Crippen LogP contribution in [0, 0.1) is 6.92 Å². The number of hydrogen-bond donors (Lipinski definition) is 2. The van der Waals surface area contributed by atoms with Crippen LogP contribution >= 0.6 is 0 Å². The fraction of sp³-hybridized carbons (Fsp3) is 0.125. The number of carbonyl (C=O) groups is 1. The molecule has 14 heavy (non-hydrogen) atoms. The number of fused-ring (bicyclic) bond motifs is 1. The predicted octanol–water partition coefficient (Wildman–Crippen LogP) is 0.318. The van der Waals surface area contributed by atoms with Crippen molar-refractivity contribution >= 4 is 17.3 Å². The lowest BCUT2D eigenvalue weighted by molar-refractivity contribution is 0.0688. The van der Waals surface area contributed by atoms with E-state index < -0.39 is 5.97 Å². The van der Waals surface area contributed by atoms with Crippen LogP contribution in [0.4, 0.5) is 5.69 Å². The average Bonchev–Trinajstić information content (AvgIpc) is 2.50. The Balaban J connectivity index is 2.92. The lowest BCUT2D eigenvalue weighted by atomic mass is 10.3. The summed E-state index contributed by atoms with van der Waals surface area (Å²) in [5.41, 5.74) is 6.52.